The fourth-order valence-electron chi connectivity index (χ4n) is 7.75. The van der Waals surface area contributed by atoms with Crippen LogP contribution < -0.4 is 5.32 Å². The lowest BCUT2D eigenvalue weighted by atomic mass is 10.0. The number of carbonyl (C=O) groups excluding carboxylic acids is 2. The molecule has 0 radical (unpaired) electrons. The van der Waals surface area contributed by atoms with Crippen LogP contribution in [-0.2, 0) is 16.0 Å². The zero-order valence-electron chi connectivity index (χ0n) is 30.0. The van der Waals surface area contributed by atoms with Crippen molar-refractivity contribution in [2.24, 2.45) is 0 Å². The first-order chi connectivity index (χ1) is 26.8. The predicted molar refractivity (Wildman–Crippen MR) is 210 cm³/mol. The Balaban J connectivity index is 0.917. The smallest absolute Gasteiger partial charge is 0.405 e. The number of hydrogen-bond acceptors (Lipinski definition) is 5. The Morgan fingerprint density at radius 2 is 1.22 bits per heavy atom. The van der Waals surface area contributed by atoms with Crippen LogP contribution in [0.1, 0.15) is 66.6 Å². The van der Waals surface area contributed by atoms with E-state index < -0.39 is 12.1 Å². The molecule has 8 rings (SSSR count). The number of H-pyrrole nitrogens is 2. The van der Waals surface area contributed by atoms with Gasteiger partial charge in [-0.3, -0.25) is 9.59 Å². The molecule has 4 N–H and O–H groups in total. The minimum Gasteiger partial charge on any atom is -0.465 e. The molecule has 4 heterocycles. The van der Waals surface area contributed by atoms with Crippen LogP contribution in [0.25, 0.3) is 33.6 Å². The first-order valence-electron chi connectivity index (χ1n) is 18.5. The van der Waals surface area contributed by atoms with E-state index in [1.807, 2.05) is 53.6 Å². The number of hydrogen-bond donors (Lipinski definition) is 4. The normalized spacial score (nSPS) is 17.3. The molecule has 2 aliphatic heterocycles. The van der Waals surface area contributed by atoms with Crippen LogP contribution in [0.2, 0.25) is 5.02 Å². The molecule has 0 saturated carbocycles. The van der Waals surface area contributed by atoms with Gasteiger partial charge in [-0.25, -0.2) is 14.8 Å². The van der Waals surface area contributed by atoms with Crippen LogP contribution in [0.15, 0.2) is 116 Å². The van der Waals surface area contributed by atoms with E-state index in [1.165, 1.54) is 0 Å². The van der Waals surface area contributed by atoms with Crippen molar-refractivity contribution in [2.45, 2.75) is 50.2 Å². The third-order valence-electron chi connectivity index (χ3n) is 10.6. The van der Waals surface area contributed by atoms with Gasteiger partial charge in [0.1, 0.15) is 17.7 Å². The largest absolute Gasteiger partial charge is 0.465 e. The summed E-state index contributed by atoms with van der Waals surface area (Å²) in [5, 5.41) is 12.5. The first kappa shape index (κ1) is 35.8. The molecule has 4 aromatic carbocycles. The zero-order chi connectivity index (χ0) is 37.9. The summed E-state index contributed by atoms with van der Waals surface area (Å²) < 4.78 is 0. The summed E-state index contributed by atoms with van der Waals surface area (Å²) in [7, 11) is 0. The van der Waals surface area contributed by atoms with E-state index >= 15 is 0 Å². The fraction of sp³-hybridized carbons (Fsp3) is 0.233. The Morgan fingerprint density at radius 3 is 1.76 bits per heavy atom. The highest BCUT2D eigenvalue weighted by atomic mass is 35.5. The predicted octanol–water partition coefficient (Wildman–Crippen LogP) is 8.37. The highest BCUT2D eigenvalue weighted by Crippen LogP contribution is 2.35. The van der Waals surface area contributed by atoms with Crippen LogP contribution in [-0.4, -0.2) is 65.8 Å². The number of aromatic amines is 2. The lowest BCUT2D eigenvalue weighted by molar-refractivity contribution is -0.134. The number of likely N-dealkylation sites (tertiary alicyclic amines) is 2. The Labute approximate surface area is 323 Å². The van der Waals surface area contributed by atoms with Crippen LogP contribution in [0, 0.1) is 0 Å². The molecule has 3 atom stereocenters. The molecule has 0 unspecified atom stereocenters. The molecule has 0 spiro atoms. The molecule has 12 heteroatoms. The van der Waals surface area contributed by atoms with E-state index in [0.29, 0.717) is 35.9 Å². The third-order valence-corrected chi connectivity index (χ3v) is 10.8. The highest BCUT2D eigenvalue weighted by Gasteiger charge is 2.37. The number of rotatable bonds is 10. The summed E-state index contributed by atoms with van der Waals surface area (Å²) in [6, 6.07) is 31.5. The van der Waals surface area contributed by atoms with Gasteiger partial charge >= 0.3 is 6.09 Å². The van der Waals surface area contributed by atoms with Gasteiger partial charge in [-0.15, -0.1) is 0 Å². The number of aromatic nitrogens is 4. The molecule has 55 heavy (non-hydrogen) atoms. The number of amides is 3. The van der Waals surface area contributed by atoms with Gasteiger partial charge in [0.05, 0.1) is 42.3 Å². The maximum Gasteiger partial charge on any atom is 0.405 e. The van der Waals surface area contributed by atoms with Gasteiger partial charge in [-0.1, -0.05) is 103 Å². The molecule has 3 amide bonds. The van der Waals surface area contributed by atoms with E-state index in [1.54, 1.807) is 35.4 Å². The lowest BCUT2D eigenvalue weighted by Gasteiger charge is -2.28. The molecular formula is C43H40ClN7O4. The first-order valence-corrected chi connectivity index (χ1v) is 18.9. The van der Waals surface area contributed by atoms with E-state index in [2.05, 4.69) is 56.7 Å². The number of benzene rings is 4. The third kappa shape index (κ3) is 7.74. The SMILES string of the molecule is O=C(O)N[C@@H](C(=O)N1CCC[C@H]1c1ncc(-c2ccc(-c3ccc(-c4cnc([C@@H]5CCCN5C(=O)Cc5ccc(Cl)cc5)[nH]4)cc3)cc2)[nH]1)c1ccccc1. The molecule has 0 bridgehead atoms. The number of imidazole rings is 2. The summed E-state index contributed by atoms with van der Waals surface area (Å²) in [6.07, 6.45) is 6.03. The Kier molecular flexibility index (Phi) is 10.2. The van der Waals surface area contributed by atoms with Gasteiger partial charge in [-0.2, -0.15) is 0 Å². The van der Waals surface area contributed by atoms with Crippen molar-refractivity contribution >= 4 is 29.5 Å². The summed E-state index contributed by atoms with van der Waals surface area (Å²) in [6.45, 7) is 1.23. The summed E-state index contributed by atoms with van der Waals surface area (Å²) >= 11 is 6.02. The average molecular weight is 754 g/mol. The molecule has 2 fully saturated rings. The average Bonchev–Trinajstić information content (AvgIpc) is 4.05. The van der Waals surface area contributed by atoms with Crippen molar-refractivity contribution in [3.63, 3.8) is 0 Å². The number of carboxylic acid groups (broad SMARTS) is 1. The Hall–Kier alpha value is -6.20. The molecule has 2 aliphatic rings. The van der Waals surface area contributed by atoms with Crippen molar-refractivity contribution in [3.8, 4) is 33.6 Å². The maximum absolute atomic E-state index is 13.7. The van der Waals surface area contributed by atoms with Crippen LogP contribution in [0.5, 0.6) is 0 Å². The lowest BCUT2D eigenvalue weighted by Crippen LogP contribution is -2.42. The van der Waals surface area contributed by atoms with Gasteiger partial charge in [-0.05, 0) is 71.2 Å². The zero-order valence-corrected chi connectivity index (χ0v) is 30.7. The van der Waals surface area contributed by atoms with Gasteiger partial charge in [0, 0.05) is 18.1 Å². The monoisotopic (exact) mass is 753 g/mol. The summed E-state index contributed by atoms with van der Waals surface area (Å²) in [4.78, 5) is 58.5. The fourth-order valence-corrected chi connectivity index (χ4v) is 7.88. The molecule has 6 aromatic rings. The molecule has 11 nitrogen and oxygen atoms in total. The van der Waals surface area contributed by atoms with E-state index in [9.17, 15) is 19.5 Å². The summed E-state index contributed by atoms with van der Waals surface area (Å²) in [5.41, 5.74) is 7.38. The molecule has 0 aliphatic carbocycles. The van der Waals surface area contributed by atoms with Gasteiger partial charge in [0.25, 0.3) is 5.91 Å². The number of carbonyl (C=O) groups is 3. The number of halogens is 1. The van der Waals surface area contributed by atoms with Crippen molar-refractivity contribution < 1.29 is 19.5 Å². The van der Waals surface area contributed by atoms with Crippen molar-refractivity contribution in [1.29, 1.82) is 0 Å². The van der Waals surface area contributed by atoms with Crippen LogP contribution in [0.3, 0.4) is 0 Å². The topological polar surface area (TPSA) is 147 Å². The van der Waals surface area contributed by atoms with Crippen LogP contribution >= 0.6 is 11.6 Å². The molecular weight excluding hydrogens is 714 g/mol. The van der Waals surface area contributed by atoms with Crippen molar-refractivity contribution in [3.05, 3.63) is 143 Å². The molecule has 2 saturated heterocycles. The maximum atomic E-state index is 13.7. The van der Waals surface area contributed by atoms with E-state index in [0.717, 1.165) is 70.7 Å². The number of nitrogens with one attached hydrogen (secondary N) is 3. The standard InChI is InChI=1S/C43H40ClN7O4/c44-33-20-10-27(11-21-33)24-38(52)50-22-4-8-36(50)40-45-25-34(47-40)30-16-12-28(13-17-30)29-14-18-31(19-15-29)35-26-46-41(48-35)37-9-5-23-51(37)42(53)39(49-43(54)55)32-6-2-1-3-7-32/h1-3,6-7,10-21,25-26,36-37,39,49H,4-5,8-9,22-24H2,(H,45,47)(H,46,48)(H,54,55)/t36-,37-,39+/m0/s1. The summed E-state index contributed by atoms with van der Waals surface area (Å²) in [5.74, 6) is 1.27. The Morgan fingerprint density at radius 1 is 0.709 bits per heavy atom. The minimum absolute atomic E-state index is 0.0787. The quantitative estimate of drug-likeness (QED) is 0.111. The second kappa shape index (κ2) is 15.6. The highest BCUT2D eigenvalue weighted by molar-refractivity contribution is 6.30. The van der Waals surface area contributed by atoms with Gasteiger partial charge < -0.3 is 30.2 Å². The second-order valence-corrected chi connectivity index (χ2v) is 14.5. The molecule has 278 valence electrons. The van der Waals surface area contributed by atoms with Gasteiger partial charge in [0.15, 0.2) is 0 Å². The Bertz CT molecular complexity index is 2290. The van der Waals surface area contributed by atoms with E-state index in [-0.39, 0.29) is 23.9 Å². The van der Waals surface area contributed by atoms with Crippen LogP contribution in [0.4, 0.5) is 4.79 Å². The molecule has 2 aromatic heterocycles. The van der Waals surface area contributed by atoms with Crippen molar-refractivity contribution in [2.75, 3.05) is 13.1 Å². The minimum atomic E-state index is -1.25. The second-order valence-electron chi connectivity index (χ2n) is 14.1. The van der Waals surface area contributed by atoms with Gasteiger partial charge in [0.2, 0.25) is 5.91 Å². The number of nitrogens with zero attached hydrogens (tertiary/aromatic N) is 4. The van der Waals surface area contributed by atoms with Crippen molar-refractivity contribution in [1.82, 2.24) is 35.1 Å². The van der Waals surface area contributed by atoms with E-state index in [4.69, 9.17) is 16.6 Å².